The zero-order chi connectivity index (χ0) is 10.2. The van der Waals surface area contributed by atoms with Crippen LogP contribution in [0.25, 0.3) is 0 Å². The number of nitrogens with two attached hydrogens (primary N) is 1. The summed E-state index contributed by atoms with van der Waals surface area (Å²) in [6.45, 7) is 1.87. The molecule has 2 nitrogen and oxygen atoms in total. The summed E-state index contributed by atoms with van der Waals surface area (Å²) in [5.41, 5.74) is 2.84. The van der Waals surface area contributed by atoms with E-state index in [1.807, 2.05) is 6.92 Å². The lowest BCUT2D eigenvalue weighted by molar-refractivity contribution is 0.500. The van der Waals surface area contributed by atoms with Crippen molar-refractivity contribution in [3.63, 3.8) is 0 Å². The van der Waals surface area contributed by atoms with Crippen molar-refractivity contribution in [2.75, 3.05) is 0 Å². The predicted molar refractivity (Wildman–Crippen MR) is 61.8 cm³/mol. The van der Waals surface area contributed by atoms with Crippen molar-refractivity contribution in [1.82, 2.24) is 5.43 Å². The van der Waals surface area contributed by atoms with Gasteiger partial charge >= 0.3 is 0 Å². The molecular weight excluding hydrogens is 192 g/mol. The lowest BCUT2D eigenvalue weighted by atomic mass is 10.1. The molecule has 0 aliphatic carbocycles. The zero-order valence-corrected chi connectivity index (χ0v) is 9.23. The van der Waals surface area contributed by atoms with Crippen LogP contribution in [-0.4, -0.2) is 6.04 Å². The third kappa shape index (κ3) is 3.93. The van der Waals surface area contributed by atoms with E-state index in [-0.39, 0.29) is 0 Å². The molecule has 0 aliphatic rings. The highest BCUT2D eigenvalue weighted by Gasteiger charge is 2.06. The topological polar surface area (TPSA) is 38.0 Å². The lowest BCUT2D eigenvalue weighted by Crippen LogP contribution is -2.36. The number of hydrogen-bond donors (Lipinski definition) is 2. The van der Waals surface area contributed by atoms with Crippen molar-refractivity contribution in [3.8, 4) is 11.8 Å². The minimum absolute atomic E-state index is 0.342. The Bertz CT molecular complexity index is 295. The van der Waals surface area contributed by atoms with Gasteiger partial charge in [0.15, 0.2) is 0 Å². The normalized spacial score (nSPS) is 11.9. The van der Waals surface area contributed by atoms with Crippen LogP contribution in [0.15, 0.2) is 17.5 Å². The number of hydrogen-bond acceptors (Lipinski definition) is 3. The Balaban J connectivity index is 2.34. The number of nitrogens with one attached hydrogen (secondary N) is 1. The van der Waals surface area contributed by atoms with Crippen LogP contribution < -0.4 is 11.3 Å². The standard InChI is InChI=1S/C11H16N2S/c1-2-3-4-6-10(13-12)9-11-7-5-8-14-11/h5,7-8,10,13H,4,6,9,12H2,1H3. The third-order valence-electron chi connectivity index (χ3n) is 2.06. The van der Waals surface area contributed by atoms with Crippen molar-refractivity contribution >= 4 is 11.3 Å². The van der Waals surface area contributed by atoms with Crippen LogP contribution in [0.2, 0.25) is 0 Å². The summed E-state index contributed by atoms with van der Waals surface area (Å²) < 4.78 is 0. The van der Waals surface area contributed by atoms with Crippen molar-refractivity contribution < 1.29 is 0 Å². The first-order valence-electron chi connectivity index (χ1n) is 4.75. The second-order valence-corrected chi connectivity index (χ2v) is 4.14. The summed E-state index contributed by atoms with van der Waals surface area (Å²) in [5, 5.41) is 2.09. The van der Waals surface area contributed by atoms with Gasteiger partial charge in [0, 0.05) is 17.3 Å². The predicted octanol–water partition coefficient (Wildman–Crippen LogP) is 1.93. The van der Waals surface area contributed by atoms with Crippen LogP contribution in [0.5, 0.6) is 0 Å². The molecule has 0 bridgehead atoms. The Hall–Kier alpha value is -0.820. The number of rotatable bonds is 5. The summed E-state index contributed by atoms with van der Waals surface area (Å²) in [5.74, 6) is 11.4. The van der Waals surface area contributed by atoms with Gasteiger partial charge in [-0.05, 0) is 31.2 Å². The molecule has 76 valence electrons. The highest BCUT2D eigenvalue weighted by atomic mass is 32.1. The second kappa shape index (κ2) is 6.61. The molecule has 1 atom stereocenters. The fourth-order valence-corrected chi connectivity index (χ4v) is 2.07. The molecule has 0 radical (unpaired) electrons. The van der Waals surface area contributed by atoms with Gasteiger partial charge in [0.05, 0.1) is 0 Å². The Morgan fingerprint density at radius 3 is 3.07 bits per heavy atom. The van der Waals surface area contributed by atoms with Crippen LogP contribution >= 0.6 is 11.3 Å². The molecular formula is C11H16N2S. The maximum atomic E-state index is 5.48. The molecule has 0 saturated heterocycles. The number of thiophene rings is 1. The molecule has 14 heavy (non-hydrogen) atoms. The first kappa shape index (κ1) is 11.3. The van der Waals surface area contributed by atoms with Gasteiger partial charge < -0.3 is 0 Å². The summed E-state index contributed by atoms with van der Waals surface area (Å²) in [7, 11) is 0. The summed E-state index contributed by atoms with van der Waals surface area (Å²) in [4.78, 5) is 1.37. The first-order chi connectivity index (χ1) is 6.86. The Kier molecular flexibility index (Phi) is 5.31. The maximum absolute atomic E-state index is 5.48. The van der Waals surface area contributed by atoms with Gasteiger partial charge in [-0.1, -0.05) is 6.07 Å². The van der Waals surface area contributed by atoms with Gasteiger partial charge in [0.1, 0.15) is 0 Å². The Morgan fingerprint density at radius 1 is 1.64 bits per heavy atom. The van der Waals surface area contributed by atoms with Gasteiger partial charge in [0.25, 0.3) is 0 Å². The van der Waals surface area contributed by atoms with Crippen LogP contribution in [0, 0.1) is 11.8 Å². The van der Waals surface area contributed by atoms with E-state index in [0.717, 1.165) is 19.3 Å². The van der Waals surface area contributed by atoms with E-state index < -0.39 is 0 Å². The van der Waals surface area contributed by atoms with E-state index in [0.29, 0.717) is 6.04 Å². The van der Waals surface area contributed by atoms with E-state index in [1.165, 1.54) is 4.88 Å². The zero-order valence-electron chi connectivity index (χ0n) is 8.42. The molecule has 0 saturated carbocycles. The van der Waals surface area contributed by atoms with Gasteiger partial charge in [0.2, 0.25) is 0 Å². The molecule has 1 aromatic rings. The fraction of sp³-hybridized carbons (Fsp3) is 0.455. The molecule has 1 unspecified atom stereocenters. The van der Waals surface area contributed by atoms with Crippen LogP contribution in [0.4, 0.5) is 0 Å². The average Bonchev–Trinajstić information content (AvgIpc) is 2.69. The van der Waals surface area contributed by atoms with Crippen LogP contribution in [0.3, 0.4) is 0 Å². The molecule has 3 N–H and O–H groups in total. The van der Waals surface area contributed by atoms with E-state index in [2.05, 4.69) is 34.8 Å². The molecule has 1 rings (SSSR count). The molecule has 1 aromatic heterocycles. The van der Waals surface area contributed by atoms with E-state index >= 15 is 0 Å². The highest BCUT2D eigenvalue weighted by Crippen LogP contribution is 2.12. The van der Waals surface area contributed by atoms with Crippen LogP contribution in [-0.2, 0) is 6.42 Å². The Morgan fingerprint density at radius 2 is 2.50 bits per heavy atom. The van der Waals surface area contributed by atoms with E-state index in [4.69, 9.17) is 5.84 Å². The Labute approximate surface area is 89.5 Å². The fourth-order valence-electron chi connectivity index (χ4n) is 1.29. The van der Waals surface area contributed by atoms with Crippen molar-refractivity contribution in [2.45, 2.75) is 32.2 Å². The first-order valence-corrected chi connectivity index (χ1v) is 5.63. The smallest absolute Gasteiger partial charge is 0.0267 e. The summed E-state index contributed by atoms with van der Waals surface area (Å²) >= 11 is 1.77. The molecule has 0 aliphatic heterocycles. The second-order valence-electron chi connectivity index (χ2n) is 3.11. The summed E-state index contributed by atoms with van der Waals surface area (Å²) in [6, 6.07) is 4.55. The van der Waals surface area contributed by atoms with Crippen LogP contribution in [0.1, 0.15) is 24.6 Å². The molecule has 1 heterocycles. The molecule has 0 fully saturated rings. The minimum Gasteiger partial charge on any atom is -0.271 e. The van der Waals surface area contributed by atoms with Crippen molar-refractivity contribution in [1.29, 1.82) is 0 Å². The largest absolute Gasteiger partial charge is 0.271 e. The molecule has 0 spiro atoms. The monoisotopic (exact) mass is 208 g/mol. The SMILES string of the molecule is CC#CCCC(Cc1cccs1)NN. The van der Waals surface area contributed by atoms with Gasteiger partial charge in [-0.25, -0.2) is 0 Å². The van der Waals surface area contributed by atoms with E-state index in [1.54, 1.807) is 11.3 Å². The van der Waals surface area contributed by atoms with Gasteiger partial charge in [-0.2, -0.15) is 0 Å². The van der Waals surface area contributed by atoms with Crippen molar-refractivity contribution in [2.24, 2.45) is 5.84 Å². The third-order valence-corrected chi connectivity index (χ3v) is 2.96. The van der Waals surface area contributed by atoms with Gasteiger partial charge in [-0.15, -0.1) is 23.2 Å². The quantitative estimate of drug-likeness (QED) is 0.441. The number of hydrazine groups is 1. The highest BCUT2D eigenvalue weighted by molar-refractivity contribution is 7.09. The van der Waals surface area contributed by atoms with E-state index in [9.17, 15) is 0 Å². The molecule has 3 heteroatoms. The van der Waals surface area contributed by atoms with Gasteiger partial charge in [-0.3, -0.25) is 11.3 Å². The molecule has 0 aromatic carbocycles. The lowest BCUT2D eigenvalue weighted by Gasteiger charge is -2.12. The van der Waals surface area contributed by atoms with Crippen molar-refractivity contribution in [3.05, 3.63) is 22.4 Å². The maximum Gasteiger partial charge on any atom is 0.0267 e. The average molecular weight is 208 g/mol. The molecule has 0 amide bonds. The summed E-state index contributed by atoms with van der Waals surface area (Å²) in [6.07, 6.45) is 2.92. The minimum atomic E-state index is 0.342.